The summed E-state index contributed by atoms with van der Waals surface area (Å²) in [4.78, 5) is 2.37. The Labute approximate surface area is 104 Å². The van der Waals surface area contributed by atoms with Crippen molar-refractivity contribution in [3.05, 3.63) is 35.4 Å². The van der Waals surface area contributed by atoms with Crippen LogP contribution in [0.15, 0.2) is 24.3 Å². The van der Waals surface area contributed by atoms with Gasteiger partial charge in [-0.15, -0.1) is 0 Å². The fourth-order valence-corrected chi connectivity index (χ4v) is 2.52. The zero-order chi connectivity index (χ0) is 12.5. The van der Waals surface area contributed by atoms with E-state index in [0.29, 0.717) is 5.41 Å². The summed E-state index contributed by atoms with van der Waals surface area (Å²) < 4.78 is 0. The normalized spacial score (nSPS) is 21.6. The van der Waals surface area contributed by atoms with Gasteiger partial charge in [0, 0.05) is 13.1 Å². The average molecular weight is 233 g/mol. The van der Waals surface area contributed by atoms with Gasteiger partial charge in [-0.3, -0.25) is 4.90 Å². The van der Waals surface area contributed by atoms with Crippen molar-refractivity contribution in [1.82, 2.24) is 4.90 Å². The van der Waals surface area contributed by atoms with Crippen molar-refractivity contribution in [3.8, 4) is 0 Å². The number of rotatable bonds is 3. The van der Waals surface area contributed by atoms with Gasteiger partial charge >= 0.3 is 0 Å². The third-order valence-corrected chi connectivity index (χ3v) is 3.65. The smallest absolute Gasteiger partial charge is 0.0916 e. The lowest BCUT2D eigenvalue weighted by Gasteiger charge is -2.22. The molecule has 1 aliphatic rings. The molecule has 0 aliphatic carbocycles. The van der Waals surface area contributed by atoms with Crippen LogP contribution in [0.3, 0.4) is 0 Å². The van der Waals surface area contributed by atoms with Gasteiger partial charge in [-0.05, 0) is 30.9 Å². The van der Waals surface area contributed by atoms with Gasteiger partial charge in [-0.1, -0.05) is 43.7 Å². The van der Waals surface area contributed by atoms with Gasteiger partial charge in [-0.25, -0.2) is 0 Å². The van der Waals surface area contributed by atoms with Gasteiger partial charge in [0.05, 0.1) is 6.10 Å². The molecule has 1 N–H and O–H groups in total. The molecule has 0 spiro atoms. The minimum absolute atomic E-state index is 0.357. The lowest BCUT2D eigenvalue weighted by molar-refractivity contribution is 0.121. The van der Waals surface area contributed by atoms with E-state index in [4.69, 9.17) is 0 Å². The molecule has 1 saturated heterocycles. The van der Waals surface area contributed by atoms with Crippen molar-refractivity contribution in [2.24, 2.45) is 5.41 Å². The Morgan fingerprint density at radius 2 is 1.94 bits per heavy atom. The van der Waals surface area contributed by atoms with E-state index >= 15 is 0 Å². The van der Waals surface area contributed by atoms with E-state index in [2.05, 4.69) is 37.8 Å². The van der Waals surface area contributed by atoms with Crippen molar-refractivity contribution in [2.45, 2.75) is 33.3 Å². The molecule has 1 heterocycles. The van der Waals surface area contributed by atoms with Gasteiger partial charge in [0.1, 0.15) is 0 Å². The summed E-state index contributed by atoms with van der Waals surface area (Å²) in [5.74, 6) is 0. The topological polar surface area (TPSA) is 23.5 Å². The van der Waals surface area contributed by atoms with Gasteiger partial charge < -0.3 is 5.11 Å². The van der Waals surface area contributed by atoms with E-state index in [9.17, 15) is 5.11 Å². The first-order valence-electron chi connectivity index (χ1n) is 6.43. The highest BCUT2D eigenvalue weighted by atomic mass is 16.3. The molecule has 17 heavy (non-hydrogen) atoms. The van der Waals surface area contributed by atoms with Crippen molar-refractivity contribution < 1.29 is 5.11 Å². The summed E-state index contributed by atoms with van der Waals surface area (Å²) in [6.45, 7) is 9.62. The van der Waals surface area contributed by atoms with Crippen molar-refractivity contribution in [1.29, 1.82) is 0 Å². The molecule has 1 unspecified atom stereocenters. The Bertz CT molecular complexity index is 369. The number of hydrogen-bond donors (Lipinski definition) is 1. The maximum Gasteiger partial charge on any atom is 0.0916 e. The van der Waals surface area contributed by atoms with Crippen LogP contribution in [-0.4, -0.2) is 29.6 Å². The number of hydrogen-bond acceptors (Lipinski definition) is 2. The first kappa shape index (κ1) is 12.6. The second-order valence-corrected chi connectivity index (χ2v) is 6.08. The summed E-state index contributed by atoms with van der Waals surface area (Å²) >= 11 is 0. The van der Waals surface area contributed by atoms with Crippen molar-refractivity contribution in [3.63, 3.8) is 0 Å². The molecule has 1 aliphatic heterocycles. The van der Waals surface area contributed by atoms with E-state index in [0.717, 1.165) is 25.2 Å². The fraction of sp³-hybridized carbons (Fsp3) is 0.600. The molecule has 1 aromatic carbocycles. The summed E-state index contributed by atoms with van der Waals surface area (Å²) in [5, 5.41) is 10.2. The number of aliphatic hydroxyl groups is 1. The Hall–Kier alpha value is -0.860. The molecule has 94 valence electrons. The number of benzene rings is 1. The van der Waals surface area contributed by atoms with E-state index in [1.54, 1.807) is 0 Å². The zero-order valence-electron chi connectivity index (χ0n) is 11.1. The number of β-amino-alcohol motifs (C(OH)–C–C–N with tert-alkyl or cyclic N) is 1. The summed E-state index contributed by atoms with van der Waals surface area (Å²) in [6.07, 6.45) is 0.873. The average Bonchev–Trinajstić information content (AvgIpc) is 2.59. The van der Waals surface area contributed by atoms with Crippen LogP contribution in [-0.2, 0) is 0 Å². The number of likely N-dealkylation sites (tertiary alicyclic amines) is 1. The van der Waals surface area contributed by atoms with Gasteiger partial charge in [0.25, 0.3) is 0 Å². The van der Waals surface area contributed by atoms with Gasteiger partial charge in [-0.2, -0.15) is 0 Å². The maximum atomic E-state index is 10.2. The van der Waals surface area contributed by atoms with Crippen LogP contribution in [0.25, 0.3) is 0 Å². The van der Waals surface area contributed by atoms with Crippen LogP contribution in [0.2, 0.25) is 0 Å². The Kier molecular flexibility index (Phi) is 3.55. The molecule has 0 radical (unpaired) electrons. The molecule has 0 aromatic heterocycles. The SMILES string of the molecule is Cc1ccc(C(O)CN2CCC(C)(C)C2)cc1. The fourth-order valence-electron chi connectivity index (χ4n) is 2.52. The number of nitrogens with zero attached hydrogens (tertiary/aromatic N) is 1. The third kappa shape index (κ3) is 3.30. The lowest BCUT2D eigenvalue weighted by atomic mass is 9.93. The zero-order valence-corrected chi connectivity index (χ0v) is 11.1. The minimum Gasteiger partial charge on any atom is -0.387 e. The van der Waals surface area contributed by atoms with Crippen molar-refractivity contribution >= 4 is 0 Å². The predicted molar refractivity (Wildman–Crippen MR) is 71.0 cm³/mol. The van der Waals surface area contributed by atoms with Crippen LogP contribution in [0.4, 0.5) is 0 Å². The lowest BCUT2D eigenvalue weighted by Crippen LogP contribution is -2.28. The molecule has 0 bridgehead atoms. The molecule has 1 aromatic rings. The summed E-state index contributed by atoms with van der Waals surface area (Å²) in [6, 6.07) is 8.18. The number of aryl methyl sites for hydroxylation is 1. The van der Waals surface area contributed by atoms with Crippen LogP contribution in [0.5, 0.6) is 0 Å². The quantitative estimate of drug-likeness (QED) is 0.867. The second-order valence-electron chi connectivity index (χ2n) is 6.08. The molecule has 1 atom stereocenters. The van der Waals surface area contributed by atoms with E-state index in [-0.39, 0.29) is 6.10 Å². The molecule has 0 saturated carbocycles. The van der Waals surface area contributed by atoms with Crippen LogP contribution >= 0.6 is 0 Å². The highest BCUT2D eigenvalue weighted by molar-refractivity contribution is 5.23. The van der Waals surface area contributed by atoms with Crippen LogP contribution in [0.1, 0.15) is 37.5 Å². The highest BCUT2D eigenvalue weighted by Gasteiger charge is 2.30. The second kappa shape index (κ2) is 4.79. The highest BCUT2D eigenvalue weighted by Crippen LogP contribution is 2.30. The van der Waals surface area contributed by atoms with Crippen LogP contribution in [0, 0.1) is 12.3 Å². The molecular formula is C15H23NO. The molecule has 1 fully saturated rings. The predicted octanol–water partition coefficient (Wildman–Crippen LogP) is 2.76. The molecule has 2 rings (SSSR count). The van der Waals surface area contributed by atoms with E-state index < -0.39 is 0 Å². The van der Waals surface area contributed by atoms with E-state index in [1.807, 2.05) is 12.1 Å². The van der Waals surface area contributed by atoms with Crippen molar-refractivity contribution in [2.75, 3.05) is 19.6 Å². The number of aliphatic hydroxyl groups excluding tert-OH is 1. The van der Waals surface area contributed by atoms with E-state index in [1.165, 1.54) is 12.0 Å². The first-order chi connectivity index (χ1) is 7.96. The largest absolute Gasteiger partial charge is 0.387 e. The Morgan fingerprint density at radius 1 is 1.29 bits per heavy atom. The third-order valence-electron chi connectivity index (χ3n) is 3.65. The minimum atomic E-state index is -0.357. The molecule has 2 nitrogen and oxygen atoms in total. The van der Waals surface area contributed by atoms with Crippen LogP contribution < -0.4 is 0 Å². The summed E-state index contributed by atoms with van der Waals surface area (Å²) in [5.41, 5.74) is 2.68. The summed E-state index contributed by atoms with van der Waals surface area (Å²) in [7, 11) is 0. The Balaban J connectivity index is 1.93. The standard InChI is InChI=1S/C15H23NO/c1-12-4-6-13(7-5-12)14(17)10-16-9-8-15(2,3)11-16/h4-7,14,17H,8-11H2,1-3H3. The molecule has 2 heteroatoms. The monoisotopic (exact) mass is 233 g/mol. The maximum absolute atomic E-state index is 10.2. The molecular weight excluding hydrogens is 210 g/mol. The Morgan fingerprint density at radius 3 is 2.47 bits per heavy atom. The molecule has 0 amide bonds. The van der Waals surface area contributed by atoms with Gasteiger partial charge in [0.15, 0.2) is 0 Å². The first-order valence-corrected chi connectivity index (χ1v) is 6.43. The van der Waals surface area contributed by atoms with Gasteiger partial charge in [0.2, 0.25) is 0 Å².